The number of benzene rings is 2. The van der Waals surface area contributed by atoms with Gasteiger partial charge in [-0.15, -0.1) is 0 Å². The number of amides is 1. The molecular formula is C25H27N3O3. The minimum absolute atomic E-state index is 0.113. The number of nitrogens with zero attached hydrogens (tertiary/aromatic N) is 1. The molecule has 2 aromatic carbocycles. The zero-order valence-electron chi connectivity index (χ0n) is 17.7. The maximum atomic E-state index is 12.7. The van der Waals surface area contributed by atoms with E-state index in [0.717, 1.165) is 49.5 Å². The second-order valence-corrected chi connectivity index (χ2v) is 7.82. The smallest absolute Gasteiger partial charge is 0.261 e. The van der Waals surface area contributed by atoms with Gasteiger partial charge in [0.25, 0.3) is 11.5 Å². The summed E-state index contributed by atoms with van der Waals surface area (Å²) in [6.45, 7) is 6.51. The number of morpholine rings is 1. The molecule has 0 spiro atoms. The Morgan fingerprint density at radius 2 is 1.81 bits per heavy atom. The molecule has 6 heteroatoms. The summed E-state index contributed by atoms with van der Waals surface area (Å²) in [5.41, 5.74) is 4.67. The van der Waals surface area contributed by atoms with E-state index in [1.165, 1.54) is 5.56 Å². The number of carbonyl (C=O) groups excluding carboxylic acids is 1. The summed E-state index contributed by atoms with van der Waals surface area (Å²) in [5, 5.41) is 2.90. The van der Waals surface area contributed by atoms with Crippen LogP contribution in [0.25, 0.3) is 11.3 Å². The van der Waals surface area contributed by atoms with Crippen molar-refractivity contribution < 1.29 is 9.53 Å². The maximum Gasteiger partial charge on any atom is 0.261 e. The number of ether oxygens (including phenoxy) is 1. The van der Waals surface area contributed by atoms with Gasteiger partial charge in [0.2, 0.25) is 0 Å². The maximum absolute atomic E-state index is 12.7. The van der Waals surface area contributed by atoms with Crippen LogP contribution in [0.1, 0.15) is 27.0 Å². The van der Waals surface area contributed by atoms with E-state index in [-0.39, 0.29) is 11.5 Å². The van der Waals surface area contributed by atoms with Gasteiger partial charge >= 0.3 is 0 Å². The van der Waals surface area contributed by atoms with Crippen molar-refractivity contribution >= 4 is 5.91 Å². The second-order valence-electron chi connectivity index (χ2n) is 7.82. The minimum Gasteiger partial charge on any atom is -0.379 e. The van der Waals surface area contributed by atoms with Crippen LogP contribution in [0.3, 0.4) is 0 Å². The Morgan fingerprint density at radius 3 is 2.55 bits per heavy atom. The average molecular weight is 418 g/mol. The van der Waals surface area contributed by atoms with Crippen molar-refractivity contribution in [3.05, 3.63) is 93.3 Å². The van der Waals surface area contributed by atoms with Crippen molar-refractivity contribution in [1.82, 2.24) is 15.2 Å². The molecule has 0 bridgehead atoms. The molecule has 0 atom stereocenters. The number of H-pyrrole nitrogens is 1. The van der Waals surface area contributed by atoms with E-state index < -0.39 is 5.56 Å². The zero-order valence-corrected chi connectivity index (χ0v) is 17.7. The van der Waals surface area contributed by atoms with Gasteiger partial charge in [0.15, 0.2) is 0 Å². The molecule has 2 heterocycles. The molecule has 31 heavy (non-hydrogen) atoms. The number of nitrogens with one attached hydrogen (secondary N) is 2. The highest BCUT2D eigenvalue weighted by Crippen LogP contribution is 2.17. The van der Waals surface area contributed by atoms with Crippen molar-refractivity contribution in [3.8, 4) is 11.3 Å². The molecule has 3 aromatic rings. The van der Waals surface area contributed by atoms with E-state index >= 15 is 0 Å². The van der Waals surface area contributed by atoms with Gasteiger partial charge in [-0.2, -0.15) is 0 Å². The molecule has 1 saturated heterocycles. The third kappa shape index (κ3) is 5.29. The minimum atomic E-state index is -0.391. The number of hydrogen-bond acceptors (Lipinski definition) is 4. The van der Waals surface area contributed by atoms with Gasteiger partial charge in [-0.25, -0.2) is 0 Å². The third-order valence-electron chi connectivity index (χ3n) is 5.54. The van der Waals surface area contributed by atoms with E-state index in [4.69, 9.17) is 4.74 Å². The quantitative estimate of drug-likeness (QED) is 0.646. The summed E-state index contributed by atoms with van der Waals surface area (Å²) < 4.78 is 5.42. The van der Waals surface area contributed by atoms with Crippen molar-refractivity contribution in [3.63, 3.8) is 0 Å². The molecule has 0 unspecified atom stereocenters. The molecule has 0 radical (unpaired) electrons. The molecule has 1 amide bonds. The lowest BCUT2D eigenvalue weighted by atomic mass is 10.1. The van der Waals surface area contributed by atoms with Gasteiger partial charge in [-0.05, 0) is 41.8 Å². The molecular weight excluding hydrogens is 390 g/mol. The normalized spacial score (nSPS) is 14.4. The topological polar surface area (TPSA) is 74.4 Å². The van der Waals surface area contributed by atoms with Crippen LogP contribution in [-0.2, 0) is 17.8 Å². The number of carbonyl (C=O) groups is 1. The molecule has 4 rings (SSSR count). The summed E-state index contributed by atoms with van der Waals surface area (Å²) in [4.78, 5) is 30.4. The Balaban J connectivity index is 1.44. The summed E-state index contributed by atoms with van der Waals surface area (Å²) in [5.74, 6) is -0.377. The zero-order chi connectivity index (χ0) is 21.6. The summed E-state index contributed by atoms with van der Waals surface area (Å²) in [7, 11) is 0. The van der Waals surface area contributed by atoms with Crippen molar-refractivity contribution in [2.24, 2.45) is 0 Å². The van der Waals surface area contributed by atoms with E-state index in [2.05, 4.69) is 21.3 Å². The molecule has 1 aliphatic rings. The van der Waals surface area contributed by atoms with Crippen molar-refractivity contribution in [1.29, 1.82) is 0 Å². The Hall–Kier alpha value is -3.22. The third-order valence-corrected chi connectivity index (χ3v) is 5.54. The van der Waals surface area contributed by atoms with Gasteiger partial charge < -0.3 is 15.0 Å². The Kier molecular flexibility index (Phi) is 6.60. The number of aromatic nitrogens is 1. The number of aromatic amines is 1. The fraction of sp³-hybridized carbons (Fsp3) is 0.280. The molecule has 1 fully saturated rings. The SMILES string of the molecule is Cc1cccc(-c2ccc(C(=O)NCc3ccccc3CN3CCOCC3)c(=O)[nH]2)c1. The summed E-state index contributed by atoms with van der Waals surface area (Å²) in [6, 6.07) is 19.3. The first-order valence-corrected chi connectivity index (χ1v) is 10.6. The van der Waals surface area contributed by atoms with Gasteiger partial charge in [0.1, 0.15) is 5.56 Å². The van der Waals surface area contributed by atoms with Crippen LogP contribution in [0.15, 0.2) is 65.5 Å². The Labute approximate surface area is 181 Å². The van der Waals surface area contributed by atoms with Crippen LogP contribution in [0.5, 0.6) is 0 Å². The summed E-state index contributed by atoms with van der Waals surface area (Å²) >= 11 is 0. The largest absolute Gasteiger partial charge is 0.379 e. The standard InChI is InChI=1S/C25H27N3O3/c1-18-5-4-8-19(15-18)23-10-9-22(25(30)27-23)24(29)26-16-20-6-2-3-7-21(20)17-28-11-13-31-14-12-28/h2-10,15H,11-14,16-17H2,1H3,(H,26,29)(H,27,30). The highest BCUT2D eigenvalue weighted by atomic mass is 16.5. The monoisotopic (exact) mass is 417 g/mol. The lowest BCUT2D eigenvalue weighted by molar-refractivity contribution is 0.0340. The Bertz CT molecular complexity index is 1120. The molecule has 1 aliphatic heterocycles. The average Bonchev–Trinajstić information content (AvgIpc) is 2.79. The molecule has 1 aromatic heterocycles. The first-order valence-electron chi connectivity index (χ1n) is 10.6. The van der Waals surface area contributed by atoms with Crippen LogP contribution in [0.4, 0.5) is 0 Å². The molecule has 0 aliphatic carbocycles. The van der Waals surface area contributed by atoms with E-state index in [0.29, 0.717) is 12.2 Å². The first-order chi connectivity index (χ1) is 15.1. The highest BCUT2D eigenvalue weighted by molar-refractivity contribution is 5.94. The predicted octanol–water partition coefficient (Wildman–Crippen LogP) is 3.11. The van der Waals surface area contributed by atoms with E-state index in [1.54, 1.807) is 12.1 Å². The second kappa shape index (κ2) is 9.73. The summed E-state index contributed by atoms with van der Waals surface area (Å²) in [6.07, 6.45) is 0. The Morgan fingerprint density at radius 1 is 1.03 bits per heavy atom. The van der Waals surface area contributed by atoms with Gasteiger partial charge in [-0.3, -0.25) is 14.5 Å². The van der Waals surface area contributed by atoms with Crippen LogP contribution in [0.2, 0.25) is 0 Å². The van der Waals surface area contributed by atoms with Crippen molar-refractivity contribution in [2.75, 3.05) is 26.3 Å². The fourth-order valence-electron chi connectivity index (χ4n) is 3.79. The van der Waals surface area contributed by atoms with Crippen molar-refractivity contribution in [2.45, 2.75) is 20.0 Å². The molecule has 2 N–H and O–H groups in total. The lowest BCUT2D eigenvalue weighted by Gasteiger charge is -2.27. The number of aryl methyl sites for hydroxylation is 1. The van der Waals surface area contributed by atoms with Crippen LogP contribution >= 0.6 is 0 Å². The molecule has 6 nitrogen and oxygen atoms in total. The fourth-order valence-corrected chi connectivity index (χ4v) is 3.79. The van der Waals surface area contributed by atoms with Crippen LogP contribution < -0.4 is 10.9 Å². The molecule has 0 saturated carbocycles. The number of pyridine rings is 1. The lowest BCUT2D eigenvalue weighted by Crippen LogP contribution is -2.36. The van der Waals surface area contributed by atoms with Gasteiger partial charge in [0, 0.05) is 31.9 Å². The number of hydrogen-bond donors (Lipinski definition) is 2. The predicted molar refractivity (Wildman–Crippen MR) is 121 cm³/mol. The van der Waals surface area contributed by atoms with Gasteiger partial charge in [-0.1, -0.05) is 48.0 Å². The van der Waals surface area contributed by atoms with Crippen LogP contribution in [-0.4, -0.2) is 42.1 Å². The highest BCUT2D eigenvalue weighted by Gasteiger charge is 2.15. The number of rotatable bonds is 6. The van der Waals surface area contributed by atoms with E-state index in [9.17, 15) is 9.59 Å². The van der Waals surface area contributed by atoms with Crippen LogP contribution in [0, 0.1) is 6.92 Å². The van der Waals surface area contributed by atoms with Gasteiger partial charge in [0.05, 0.1) is 13.2 Å². The first kappa shape index (κ1) is 21.0. The van der Waals surface area contributed by atoms with E-state index in [1.807, 2.05) is 49.4 Å². The molecule has 160 valence electrons.